The van der Waals surface area contributed by atoms with E-state index in [9.17, 15) is 13.2 Å². The van der Waals surface area contributed by atoms with E-state index in [1.54, 1.807) is 6.92 Å². The van der Waals surface area contributed by atoms with Gasteiger partial charge in [0.2, 0.25) is 0 Å². The Morgan fingerprint density at radius 2 is 1.78 bits per heavy atom. The highest BCUT2D eigenvalue weighted by Crippen LogP contribution is 2.43. The first kappa shape index (κ1) is 22.4. The highest BCUT2D eigenvalue weighted by Gasteiger charge is 2.34. The van der Waals surface area contributed by atoms with Gasteiger partial charge in [0.25, 0.3) is 0 Å². The summed E-state index contributed by atoms with van der Waals surface area (Å²) in [6.07, 6.45) is -4.57. The van der Waals surface area contributed by atoms with Crippen LogP contribution in [0.1, 0.15) is 23.2 Å². The first-order valence-electron chi connectivity index (χ1n) is 9.82. The van der Waals surface area contributed by atoms with Crippen molar-refractivity contribution in [1.29, 1.82) is 0 Å². The second-order valence-electron chi connectivity index (χ2n) is 7.10. The third-order valence-corrected chi connectivity index (χ3v) is 6.07. The van der Waals surface area contributed by atoms with Crippen LogP contribution in [0.3, 0.4) is 0 Å². The van der Waals surface area contributed by atoms with Gasteiger partial charge in [0.1, 0.15) is 22.2 Å². The third kappa shape index (κ3) is 4.38. The van der Waals surface area contributed by atoms with Gasteiger partial charge in [-0.15, -0.1) is 11.3 Å². The number of hydrogen-bond acceptors (Lipinski definition) is 5. The summed E-state index contributed by atoms with van der Waals surface area (Å²) in [6.45, 7) is 6.14. The number of aromatic nitrogens is 2. The fourth-order valence-corrected chi connectivity index (χ4v) is 4.79. The monoisotopic (exact) mass is 477 g/mol. The molecule has 0 amide bonds. The lowest BCUT2D eigenvalue weighted by Gasteiger charge is -2.16. The molecule has 0 spiro atoms. The number of hydrogen-bond donors (Lipinski definition) is 1. The van der Waals surface area contributed by atoms with E-state index in [4.69, 9.17) is 16.3 Å². The van der Waals surface area contributed by atoms with E-state index in [0.29, 0.717) is 28.5 Å². The Kier molecular flexibility index (Phi) is 6.01. The minimum atomic E-state index is -4.57. The Balaban J connectivity index is 1.88. The fourth-order valence-electron chi connectivity index (χ4n) is 3.53. The summed E-state index contributed by atoms with van der Waals surface area (Å²) in [5.41, 5.74) is 0.796. The number of benzene rings is 2. The summed E-state index contributed by atoms with van der Waals surface area (Å²) < 4.78 is 46.4. The Morgan fingerprint density at radius 3 is 2.44 bits per heavy atom. The standard InChI is InChI=1S/C23H19ClF3N3OS/c1-4-31-16-8-5-14(6-9-16)19-12(2)32-22-20(19)21(28-13(3)29-22)30-18-10-7-15(24)11-17(18)23(25,26)27/h5-11H,4H2,1-3H3,(H,28,29,30). The Bertz CT molecular complexity index is 1290. The molecule has 0 radical (unpaired) electrons. The second-order valence-corrected chi connectivity index (χ2v) is 8.74. The van der Waals surface area contributed by atoms with E-state index in [0.717, 1.165) is 27.8 Å². The quantitative estimate of drug-likeness (QED) is 0.318. The summed E-state index contributed by atoms with van der Waals surface area (Å²) in [6, 6.07) is 11.2. The molecule has 4 nitrogen and oxygen atoms in total. The van der Waals surface area contributed by atoms with E-state index in [-0.39, 0.29) is 10.7 Å². The lowest BCUT2D eigenvalue weighted by molar-refractivity contribution is -0.136. The highest BCUT2D eigenvalue weighted by molar-refractivity contribution is 7.19. The van der Waals surface area contributed by atoms with E-state index < -0.39 is 11.7 Å². The maximum Gasteiger partial charge on any atom is 0.418 e. The summed E-state index contributed by atoms with van der Waals surface area (Å²) in [7, 11) is 0. The van der Waals surface area contributed by atoms with Crippen molar-refractivity contribution in [2.45, 2.75) is 26.9 Å². The van der Waals surface area contributed by atoms with Gasteiger partial charge in [-0.1, -0.05) is 23.7 Å². The minimum absolute atomic E-state index is 0.00773. The van der Waals surface area contributed by atoms with Crippen LogP contribution in [0, 0.1) is 13.8 Å². The number of nitrogens with one attached hydrogen (secondary N) is 1. The largest absolute Gasteiger partial charge is 0.494 e. The zero-order valence-corrected chi connectivity index (χ0v) is 19.0. The van der Waals surface area contributed by atoms with E-state index >= 15 is 0 Å². The molecule has 4 aromatic rings. The highest BCUT2D eigenvalue weighted by atomic mass is 35.5. The molecule has 2 aromatic carbocycles. The van der Waals surface area contributed by atoms with Gasteiger partial charge in [0.15, 0.2) is 0 Å². The lowest BCUT2D eigenvalue weighted by atomic mass is 10.0. The summed E-state index contributed by atoms with van der Waals surface area (Å²) in [5.74, 6) is 1.52. The van der Waals surface area contributed by atoms with Crippen molar-refractivity contribution < 1.29 is 17.9 Å². The average molecular weight is 478 g/mol. The van der Waals surface area contributed by atoms with Crippen LogP contribution >= 0.6 is 22.9 Å². The molecule has 9 heteroatoms. The molecular weight excluding hydrogens is 459 g/mol. The van der Waals surface area contributed by atoms with Crippen LogP contribution in [-0.2, 0) is 6.18 Å². The maximum atomic E-state index is 13.6. The molecule has 166 valence electrons. The third-order valence-electron chi connectivity index (χ3n) is 4.83. The number of rotatable bonds is 5. The number of anilines is 2. The van der Waals surface area contributed by atoms with Crippen LogP contribution in [0.4, 0.5) is 24.7 Å². The average Bonchev–Trinajstić information content (AvgIpc) is 3.05. The van der Waals surface area contributed by atoms with Crippen molar-refractivity contribution in [3.05, 3.63) is 63.8 Å². The van der Waals surface area contributed by atoms with Crippen molar-refractivity contribution in [2.75, 3.05) is 11.9 Å². The first-order valence-corrected chi connectivity index (χ1v) is 11.0. The summed E-state index contributed by atoms with van der Waals surface area (Å²) >= 11 is 7.30. The number of halogens is 4. The van der Waals surface area contributed by atoms with Crippen molar-refractivity contribution in [3.8, 4) is 16.9 Å². The molecule has 0 aliphatic rings. The molecule has 0 saturated carbocycles. The summed E-state index contributed by atoms with van der Waals surface area (Å²) in [4.78, 5) is 10.6. The molecule has 0 aliphatic carbocycles. The van der Waals surface area contributed by atoms with Crippen LogP contribution < -0.4 is 10.1 Å². The van der Waals surface area contributed by atoms with Crippen LogP contribution in [0.15, 0.2) is 42.5 Å². The van der Waals surface area contributed by atoms with E-state index in [2.05, 4.69) is 15.3 Å². The Morgan fingerprint density at radius 1 is 1.06 bits per heavy atom. The molecule has 0 bridgehead atoms. The van der Waals surface area contributed by atoms with Crippen LogP contribution in [-0.4, -0.2) is 16.6 Å². The number of ether oxygens (including phenoxy) is 1. The molecular formula is C23H19ClF3N3OS. The van der Waals surface area contributed by atoms with Gasteiger partial charge in [0, 0.05) is 15.5 Å². The topological polar surface area (TPSA) is 47.0 Å². The van der Waals surface area contributed by atoms with Crippen molar-refractivity contribution in [2.24, 2.45) is 0 Å². The predicted octanol–water partition coefficient (Wildman–Crippen LogP) is 7.79. The Labute approximate surface area is 192 Å². The maximum absolute atomic E-state index is 13.6. The number of thiophene rings is 1. The van der Waals surface area contributed by atoms with E-state index in [1.807, 2.05) is 38.1 Å². The first-order chi connectivity index (χ1) is 15.2. The van der Waals surface area contributed by atoms with Crippen LogP contribution in [0.5, 0.6) is 5.75 Å². The van der Waals surface area contributed by atoms with Gasteiger partial charge >= 0.3 is 6.18 Å². The smallest absolute Gasteiger partial charge is 0.418 e. The van der Waals surface area contributed by atoms with Crippen molar-refractivity contribution in [3.63, 3.8) is 0 Å². The molecule has 0 saturated heterocycles. The normalized spacial score (nSPS) is 11.7. The number of nitrogens with zero attached hydrogens (tertiary/aromatic N) is 2. The number of fused-ring (bicyclic) bond motifs is 1. The zero-order chi connectivity index (χ0) is 23.0. The van der Waals surface area contributed by atoms with Gasteiger partial charge in [-0.3, -0.25) is 0 Å². The van der Waals surface area contributed by atoms with Gasteiger partial charge in [-0.25, -0.2) is 9.97 Å². The van der Waals surface area contributed by atoms with Crippen LogP contribution in [0.25, 0.3) is 21.3 Å². The fraction of sp³-hybridized carbons (Fsp3) is 0.217. The predicted molar refractivity (Wildman–Crippen MR) is 123 cm³/mol. The lowest BCUT2D eigenvalue weighted by Crippen LogP contribution is -2.09. The summed E-state index contributed by atoms with van der Waals surface area (Å²) in [5, 5.41) is 3.58. The van der Waals surface area contributed by atoms with Gasteiger partial charge in [0.05, 0.1) is 23.2 Å². The molecule has 32 heavy (non-hydrogen) atoms. The molecule has 0 fully saturated rings. The Hall–Kier alpha value is -2.84. The molecule has 4 rings (SSSR count). The van der Waals surface area contributed by atoms with Crippen LogP contribution in [0.2, 0.25) is 5.02 Å². The van der Waals surface area contributed by atoms with Crippen molar-refractivity contribution >= 4 is 44.7 Å². The number of alkyl halides is 3. The van der Waals surface area contributed by atoms with Gasteiger partial charge in [-0.05, 0) is 56.7 Å². The number of aryl methyl sites for hydroxylation is 2. The molecule has 1 N–H and O–H groups in total. The second kappa shape index (κ2) is 8.60. The SMILES string of the molecule is CCOc1ccc(-c2c(C)sc3nc(C)nc(Nc4ccc(Cl)cc4C(F)(F)F)c23)cc1. The van der Waals surface area contributed by atoms with Gasteiger partial charge < -0.3 is 10.1 Å². The molecule has 0 atom stereocenters. The molecule has 2 heterocycles. The minimum Gasteiger partial charge on any atom is -0.494 e. The van der Waals surface area contributed by atoms with Crippen molar-refractivity contribution in [1.82, 2.24) is 9.97 Å². The molecule has 2 aromatic heterocycles. The van der Waals surface area contributed by atoms with E-state index in [1.165, 1.54) is 23.5 Å². The zero-order valence-electron chi connectivity index (χ0n) is 17.5. The molecule has 0 unspecified atom stereocenters. The van der Waals surface area contributed by atoms with Gasteiger partial charge in [-0.2, -0.15) is 13.2 Å². The molecule has 0 aliphatic heterocycles.